The molecule has 0 atom stereocenters. The average molecular weight is 318 g/mol. The molecule has 0 amide bonds. The lowest BCUT2D eigenvalue weighted by atomic mass is 10.5. The predicted molar refractivity (Wildman–Crippen MR) is 59.1 cm³/mol. The van der Waals surface area contributed by atoms with E-state index in [0.717, 1.165) is 3.57 Å². The Kier molecular flexibility index (Phi) is 2.75. The van der Waals surface area contributed by atoms with Crippen LogP contribution in [0.1, 0.15) is 5.82 Å². The third kappa shape index (κ3) is 2.37. The molecule has 2 aromatic heterocycles. The summed E-state index contributed by atoms with van der Waals surface area (Å²) < 4.78 is 2.10. The maximum Gasteiger partial charge on any atom is 0.268 e. The lowest BCUT2D eigenvalue weighted by Crippen LogP contribution is -2.23. The maximum absolute atomic E-state index is 11.5. The zero-order valence-electron chi connectivity index (χ0n) is 7.83. The number of halogens is 1. The quantitative estimate of drug-likeness (QED) is 0.692. The molecule has 0 aliphatic rings. The molecule has 2 rings (SSSR count). The van der Waals surface area contributed by atoms with E-state index >= 15 is 0 Å². The fourth-order valence-electron chi connectivity index (χ4n) is 1.05. The van der Waals surface area contributed by atoms with Gasteiger partial charge < -0.3 is 0 Å². The van der Waals surface area contributed by atoms with Crippen LogP contribution in [0, 0.1) is 3.57 Å². The second-order valence-electron chi connectivity index (χ2n) is 2.86. The van der Waals surface area contributed by atoms with Crippen LogP contribution in [0.2, 0.25) is 0 Å². The molecule has 0 N–H and O–H groups in total. The lowest BCUT2D eigenvalue weighted by molar-refractivity contribution is 0.599. The molecule has 78 valence electrons. The molecule has 0 bridgehead atoms. The van der Waals surface area contributed by atoms with E-state index in [9.17, 15) is 4.79 Å². The molecule has 8 heteroatoms. The Labute approximate surface area is 98.2 Å². The Morgan fingerprint density at radius 1 is 1.53 bits per heavy atom. The zero-order chi connectivity index (χ0) is 10.8. The SMILES string of the molecule is Cn1nnc(Cn2ncc(I)cc2=O)n1. The maximum atomic E-state index is 11.5. The number of hydrogen-bond donors (Lipinski definition) is 0. The topological polar surface area (TPSA) is 78.5 Å². The molecule has 7 nitrogen and oxygen atoms in total. The van der Waals surface area contributed by atoms with E-state index in [4.69, 9.17) is 0 Å². The molecular formula is C7H7IN6O. The van der Waals surface area contributed by atoms with E-state index in [2.05, 4.69) is 20.5 Å². The first-order valence-corrected chi connectivity index (χ1v) is 5.18. The van der Waals surface area contributed by atoms with Gasteiger partial charge in [-0.15, -0.1) is 10.2 Å². The number of tetrazole rings is 1. The van der Waals surface area contributed by atoms with Crippen LogP contribution in [0.25, 0.3) is 0 Å². The summed E-state index contributed by atoms with van der Waals surface area (Å²) in [6.45, 7) is 0.240. The largest absolute Gasteiger partial charge is 0.268 e. The molecule has 0 unspecified atom stereocenters. The number of aryl methyl sites for hydroxylation is 1. The standard InChI is InChI=1S/C7H7IN6O/c1-13-11-6(10-12-13)4-14-7(15)2-5(8)3-9-14/h2-3H,4H2,1H3. The first kappa shape index (κ1) is 10.2. The van der Waals surface area contributed by atoms with Gasteiger partial charge in [0, 0.05) is 9.64 Å². The highest BCUT2D eigenvalue weighted by molar-refractivity contribution is 14.1. The Hall–Kier alpha value is -1.32. The van der Waals surface area contributed by atoms with Gasteiger partial charge >= 0.3 is 0 Å². The summed E-state index contributed by atoms with van der Waals surface area (Å²) in [7, 11) is 1.67. The molecule has 0 saturated heterocycles. The molecule has 2 aromatic rings. The van der Waals surface area contributed by atoms with Crippen molar-refractivity contribution in [3.8, 4) is 0 Å². The summed E-state index contributed by atoms with van der Waals surface area (Å²) in [4.78, 5) is 12.8. The minimum absolute atomic E-state index is 0.172. The summed E-state index contributed by atoms with van der Waals surface area (Å²) in [6.07, 6.45) is 1.61. The molecule has 0 aliphatic heterocycles. The molecule has 0 aliphatic carbocycles. The summed E-state index contributed by atoms with van der Waals surface area (Å²) in [5.74, 6) is 0.466. The minimum atomic E-state index is -0.172. The van der Waals surface area contributed by atoms with Gasteiger partial charge in [-0.25, -0.2) is 4.68 Å². The summed E-state index contributed by atoms with van der Waals surface area (Å²) >= 11 is 2.03. The van der Waals surface area contributed by atoms with Crippen molar-refractivity contribution in [3.05, 3.63) is 32.0 Å². The van der Waals surface area contributed by atoms with Crippen LogP contribution >= 0.6 is 22.6 Å². The van der Waals surface area contributed by atoms with Gasteiger partial charge in [0.25, 0.3) is 5.56 Å². The van der Waals surface area contributed by atoms with Crippen LogP contribution in [0.15, 0.2) is 17.1 Å². The minimum Gasteiger partial charge on any atom is -0.268 e. The molecule has 0 aromatic carbocycles. The van der Waals surface area contributed by atoms with Gasteiger partial charge in [-0.3, -0.25) is 4.79 Å². The van der Waals surface area contributed by atoms with Gasteiger partial charge in [-0.1, -0.05) is 0 Å². The molecule has 0 radical (unpaired) electrons. The Morgan fingerprint density at radius 2 is 2.33 bits per heavy atom. The van der Waals surface area contributed by atoms with Gasteiger partial charge in [-0.2, -0.15) is 9.90 Å². The van der Waals surface area contributed by atoms with Gasteiger partial charge in [0.15, 0.2) is 5.82 Å². The van der Waals surface area contributed by atoms with E-state index in [1.54, 1.807) is 13.2 Å². The molecule has 15 heavy (non-hydrogen) atoms. The van der Waals surface area contributed by atoms with Crippen LogP contribution < -0.4 is 5.56 Å². The van der Waals surface area contributed by atoms with Crippen LogP contribution in [0.5, 0.6) is 0 Å². The van der Waals surface area contributed by atoms with Crippen molar-refractivity contribution in [1.29, 1.82) is 0 Å². The van der Waals surface area contributed by atoms with E-state index in [0.29, 0.717) is 5.82 Å². The van der Waals surface area contributed by atoms with Gasteiger partial charge in [0.05, 0.1) is 13.2 Å². The van der Waals surface area contributed by atoms with Crippen molar-refractivity contribution in [2.75, 3.05) is 0 Å². The normalized spacial score (nSPS) is 10.5. The fourth-order valence-corrected chi connectivity index (χ4v) is 1.44. The van der Waals surface area contributed by atoms with Crippen molar-refractivity contribution in [1.82, 2.24) is 30.0 Å². The molecule has 0 spiro atoms. The fraction of sp³-hybridized carbons (Fsp3) is 0.286. The summed E-state index contributed by atoms with van der Waals surface area (Å²) in [6, 6.07) is 1.50. The zero-order valence-corrected chi connectivity index (χ0v) is 9.99. The van der Waals surface area contributed by atoms with Crippen LogP contribution in [0.3, 0.4) is 0 Å². The van der Waals surface area contributed by atoms with E-state index < -0.39 is 0 Å². The number of hydrogen-bond acceptors (Lipinski definition) is 5. The van der Waals surface area contributed by atoms with Gasteiger partial charge in [-0.05, 0) is 27.8 Å². The van der Waals surface area contributed by atoms with Crippen LogP contribution in [0.4, 0.5) is 0 Å². The van der Waals surface area contributed by atoms with E-state index in [1.165, 1.54) is 15.5 Å². The summed E-state index contributed by atoms with van der Waals surface area (Å²) in [5, 5.41) is 15.4. The van der Waals surface area contributed by atoms with E-state index in [-0.39, 0.29) is 12.1 Å². The van der Waals surface area contributed by atoms with Crippen molar-refractivity contribution >= 4 is 22.6 Å². The second kappa shape index (κ2) is 4.04. The highest BCUT2D eigenvalue weighted by Crippen LogP contribution is 1.96. The van der Waals surface area contributed by atoms with Gasteiger partial charge in [0.1, 0.15) is 6.54 Å². The number of nitrogens with zero attached hydrogens (tertiary/aromatic N) is 6. The van der Waals surface area contributed by atoms with Crippen molar-refractivity contribution in [3.63, 3.8) is 0 Å². The third-order valence-corrected chi connectivity index (χ3v) is 2.27. The van der Waals surface area contributed by atoms with E-state index in [1.807, 2.05) is 22.6 Å². The second-order valence-corrected chi connectivity index (χ2v) is 4.11. The smallest absolute Gasteiger partial charge is 0.268 e. The number of aromatic nitrogens is 6. The number of rotatable bonds is 2. The molecular weight excluding hydrogens is 311 g/mol. The molecule has 2 heterocycles. The monoisotopic (exact) mass is 318 g/mol. The van der Waals surface area contributed by atoms with Gasteiger partial charge in [0.2, 0.25) is 0 Å². The summed E-state index contributed by atoms with van der Waals surface area (Å²) in [5.41, 5.74) is -0.172. The lowest BCUT2D eigenvalue weighted by Gasteiger charge is -1.99. The van der Waals surface area contributed by atoms with Crippen molar-refractivity contribution < 1.29 is 0 Å². The van der Waals surface area contributed by atoms with Crippen LogP contribution in [-0.4, -0.2) is 30.0 Å². The Bertz CT molecular complexity index is 532. The Morgan fingerprint density at radius 3 is 2.93 bits per heavy atom. The third-order valence-electron chi connectivity index (χ3n) is 1.68. The molecule has 0 fully saturated rings. The van der Waals surface area contributed by atoms with Crippen LogP contribution in [-0.2, 0) is 13.6 Å². The van der Waals surface area contributed by atoms with Crippen molar-refractivity contribution in [2.45, 2.75) is 6.54 Å². The Balaban J connectivity index is 2.28. The predicted octanol–water partition coefficient (Wildman–Crippen LogP) is -0.580. The molecule has 0 saturated carbocycles. The van der Waals surface area contributed by atoms with Crippen molar-refractivity contribution in [2.24, 2.45) is 7.05 Å². The highest BCUT2D eigenvalue weighted by atomic mass is 127. The first-order chi connectivity index (χ1) is 7.15. The average Bonchev–Trinajstić information content (AvgIpc) is 2.56. The highest BCUT2D eigenvalue weighted by Gasteiger charge is 2.04. The first-order valence-electron chi connectivity index (χ1n) is 4.11.